The molecule has 1 aromatic rings. The van der Waals surface area contributed by atoms with Crippen LogP contribution in [0.2, 0.25) is 0 Å². The standard InChI is InChI=1S/C12H23N5OS/c1-3-4-5-6-7-10(12(13)18)8-19-9-11-14-15-16-17(11)2/h10H,3-9H2,1-2H3,(H2,13,18). The highest BCUT2D eigenvalue weighted by molar-refractivity contribution is 7.98. The van der Waals surface area contributed by atoms with E-state index in [4.69, 9.17) is 5.73 Å². The fourth-order valence-electron chi connectivity index (χ4n) is 1.79. The Morgan fingerprint density at radius 1 is 1.42 bits per heavy atom. The van der Waals surface area contributed by atoms with E-state index >= 15 is 0 Å². The number of unbranched alkanes of at least 4 members (excludes halogenated alkanes) is 3. The van der Waals surface area contributed by atoms with Crippen molar-refractivity contribution in [3.63, 3.8) is 0 Å². The summed E-state index contributed by atoms with van der Waals surface area (Å²) in [5.74, 6) is 2.04. The van der Waals surface area contributed by atoms with Crippen LogP contribution in [0.5, 0.6) is 0 Å². The van der Waals surface area contributed by atoms with Crippen molar-refractivity contribution >= 4 is 17.7 Å². The smallest absolute Gasteiger partial charge is 0.221 e. The number of nitrogens with two attached hydrogens (primary N) is 1. The van der Waals surface area contributed by atoms with Gasteiger partial charge in [0.05, 0.1) is 5.75 Å². The van der Waals surface area contributed by atoms with E-state index in [2.05, 4.69) is 22.4 Å². The molecule has 1 aromatic heterocycles. The van der Waals surface area contributed by atoms with Crippen LogP contribution in [0.4, 0.5) is 0 Å². The van der Waals surface area contributed by atoms with E-state index in [1.165, 1.54) is 19.3 Å². The molecule has 1 rings (SSSR count). The molecule has 0 aliphatic heterocycles. The van der Waals surface area contributed by atoms with Gasteiger partial charge in [-0.2, -0.15) is 11.8 Å². The molecule has 108 valence electrons. The second-order valence-corrected chi connectivity index (χ2v) is 5.71. The van der Waals surface area contributed by atoms with Gasteiger partial charge in [0.25, 0.3) is 0 Å². The molecule has 1 heterocycles. The van der Waals surface area contributed by atoms with E-state index < -0.39 is 0 Å². The average molecular weight is 285 g/mol. The first-order chi connectivity index (χ1) is 9.15. The van der Waals surface area contributed by atoms with E-state index in [0.29, 0.717) is 5.75 Å². The quantitative estimate of drug-likeness (QED) is 0.659. The minimum atomic E-state index is -0.194. The molecule has 0 spiro atoms. The number of carbonyl (C=O) groups excluding carboxylic acids is 1. The van der Waals surface area contributed by atoms with E-state index in [9.17, 15) is 4.79 Å². The zero-order valence-electron chi connectivity index (χ0n) is 11.7. The number of hydrogen-bond donors (Lipinski definition) is 1. The van der Waals surface area contributed by atoms with E-state index in [1.54, 1.807) is 16.4 Å². The van der Waals surface area contributed by atoms with Crippen LogP contribution in [0.1, 0.15) is 44.9 Å². The minimum absolute atomic E-state index is 0.0388. The van der Waals surface area contributed by atoms with Crippen molar-refractivity contribution in [1.82, 2.24) is 20.2 Å². The van der Waals surface area contributed by atoms with Gasteiger partial charge in [0, 0.05) is 18.7 Å². The first-order valence-corrected chi connectivity index (χ1v) is 7.89. The van der Waals surface area contributed by atoms with Crippen molar-refractivity contribution < 1.29 is 4.79 Å². The molecule has 0 saturated carbocycles. The molecule has 0 aliphatic rings. The Balaban J connectivity index is 2.25. The van der Waals surface area contributed by atoms with Crippen LogP contribution >= 0.6 is 11.8 Å². The lowest BCUT2D eigenvalue weighted by atomic mass is 10.0. The minimum Gasteiger partial charge on any atom is -0.369 e. The Hall–Kier alpha value is -1.11. The average Bonchev–Trinajstić information content (AvgIpc) is 2.78. The highest BCUT2D eigenvalue weighted by atomic mass is 32.2. The van der Waals surface area contributed by atoms with Crippen LogP contribution in [-0.4, -0.2) is 31.9 Å². The second kappa shape index (κ2) is 8.90. The molecule has 1 atom stereocenters. The zero-order chi connectivity index (χ0) is 14.1. The number of carbonyl (C=O) groups is 1. The summed E-state index contributed by atoms with van der Waals surface area (Å²) in [4.78, 5) is 11.4. The Morgan fingerprint density at radius 3 is 2.79 bits per heavy atom. The van der Waals surface area contributed by atoms with Gasteiger partial charge in [0.15, 0.2) is 5.82 Å². The molecule has 7 heteroatoms. The number of hydrogen-bond acceptors (Lipinski definition) is 5. The summed E-state index contributed by atoms with van der Waals surface area (Å²) in [6.07, 6.45) is 5.57. The number of tetrazole rings is 1. The Morgan fingerprint density at radius 2 is 2.21 bits per heavy atom. The molecule has 2 N–H and O–H groups in total. The van der Waals surface area contributed by atoms with E-state index in [0.717, 1.165) is 24.4 Å². The summed E-state index contributed by atoms with van der Waals surface area (Å²) >= 11 is 1.66. The predicted octanol–water partition coefficient (Wildman–Crippen LogP) is 1.52. The fraction of sp³-hybridized carbons (Fsp3) is 0.833. The Bertz CT molecular complexity index is 382. The van der Waals surface area contributed by atoms with E-state index in [1.807, 2.05) is 7.05 Å². The monoisotopic (exact) mass is 285 g/mol. The van der Waals surface area contributed by atoms with Crippen molar-refractivity contribution in [2.45, 2.75) is 44.8 Å². The van der Waals surface area contributed by atoms with Gasteiger partial charge in [0.2, 0.25) is 5.91 Å². The van der Waals surface area contributed by atoms with Gasteiger partial charge < -0.3 is 5.73 Å². The Labute approximate surface area is 118 Å². The van der Waals surface area contributed by atoms with Gasteiger partial charge in [-0.15, -0.1) is 5.10 Å². The largest absolute Gasteiger partial charge is 0.369 e. The maximum Gasteiger partial charge on any atom is 0.221 e. The fourth-order valence-corrected chi connectivity index (χ4v) is 2.95. The maximum atomic E-state index is 11.4. The molecule has 1 amide bonds. The molecule has 19 heavy (non-hydrogen) atoms. The number of thioether (sulfide) groups is 1. The highest BCUT2D eigenvalue weighted by Gasteiger charge is 2.15. The molecule has 0 fully saturated rings. The van der Waals surface area contributed by atoms with Crippen molar-refractivity contribution in [2.24, 2.45) is 18.7 Å². The molecule has 1 unspecified atom stereocenters. The molecule has 0 aromatic carbocycles. The third kappa shape index (κ3) is 6.04. The molecule has 0 radical (unpaired) electrons. The topological polar surface area (TPSA) is 86.7 Å². The van der Waals surface area contributed by atoms with Gasteiger partial charge in [0.1, 0.15) is 0 Å². The van der Waals surface area contributed by atoms with Crippen LogP contribution in [0.15, 0.2) is 0 Å². The SMILES string of the molecule is CCCCCCC(CSCc1nnnn1C)C(N)=O. The summed E-state index contributed by atoms with van der Waals surface area (Å²) in [6.45, 7) is 2.18. The predicted molar refractivity (Wildman–Crippen MR) is 76.4 cm³/mol. The van der Waals surface area contributed by atoms with E-state index in [-0.39, 0.29) is 11.8 Å². The van der Waals surface area contributed by atoms with Crippen molar-refractivity contribution in [2.75, 3.05) is 5.75 Å². The third-order valence-corrected chi connectivity index (χ3v) is 4.17. The zero-order valence-corrected chi connectivity index (χ0v) is 12.5. The number of aromatic nitrogens is 4. The molecule has 0 bridgehead atoms. The first-order valence-electron chi connectivity index (χ1n) is 6.73. The molecular formula is C12H23N5OS. The lowest BCUT2D eigenvalue weighted by Gasteiger charge is -2.12. The molecule has 0 saturated heterocycles. The lowest BCUT2D eigenvalue weighted by molar-refractivity contribution is -0.121. The number of rotatable bonds is 10. The summed E-state index contributed by atoms with van der Waals surface area (Å²) in [5, 5.41) is 11.3. The first kappa shape index (κ1) is 15.9. The van der Waals surface area contributed by atoms with Crippen molar-refractivity contribution in [3.8, 4) is 0 Å². The lowest BCUT2D eigenvalue weighted by Crippen LogP contribution is -2.25. The summed E-state index contributed by atoms with van der Waals surface area (Å²) in [7, 11) is 1.81. The number of nitrogens with zero attached hydrogens (tertiary/aromatic N) is 4. The van der Waals surface area contributed by atoms with Crippen LogP contribution in [-0.2, 0) is 17.6 Å². The van der Waals surface area contributed by atoms with Crippen molar-refractivity contribution in [1.29, 1.82) is 0 Å². The Kier molecular flexibility index (Phi) is 7.47. The van der Waals surface area contributed by atoms with Crippen molar-refractivity contribution in [3.05, 3.63) is 5.82 Å². The highest BCUT2D eigenvalue weighted by Crippen LogP contribution is 2.18. The van der Waals surface area contributed by atoms with Gasteiger partial charge in [-0.3, -0.25) is 4.79 Å². The van der Waals surface area contributed by atoms with Gasteiger partial charge in [-0.05, 0) is 16.8 Å². The molecule has 6 nitrogen and oxygen atoms in total. The van der Waals surface area contributed by atoms with Gasteiger partial charge in [-0.1, -0.05) is 32.6 Å². The normalized spacial score (nSPS) is 12.5. The summed E-state index contributed by atoms with van der Waals surface area (Å²) in [6, 6.07) is 0. The third-order valence-electron chi connectivity index (χ3n) is 3.07. The van der Waals surface area contributed by atoms with Gasteiger partial charge in [-0.25, -0.2) is 4.68 Å². The van der Waals surface area contributed by atoms with Crippen LogP contribution in [0, 0.1) is 5.92 Å². The summed E-state index contributed by atoms with van der Waals surface area (Å²) < 4.78 is 1.65. The number of primary amides is 1. The summed E-state index contributed by atoms with van der Waals surface area (Å²) in [5.41, 5.74) is 5.44. The second-order valence-electron chi connectivity index (χ2n) is 4.68. The van der Waals surface area contributed by atoms with Crippen LogP contribution in [0.25, 0.3) is 0 Å². The maximum absolute atomic E-state index is 11.4. The molecule has 0 aliphatic carbocycles. The number of aryl methyl sites for hydroxylation is 1. The van der Waals surface area contributed by atoms with Crippen LogP contribution in [0.3, 0.4) is 0 Å². The molecular weight excluding hydrogens is 262 g/mol. The number of amides is 1. The van der Waals surface area contributed by atoms with Gasteiger partial charge >= 0.3 is 0 Å². The van der Waals surface area contributed by atoms with Crippen LogP contribution < -0.4 is 5.73 Å².